The lowest BCUT2D eigenvalue weighted by Crippen LogP contribution is -2.15. The zero-order valence-electron chi connectivity index (χ0n) is 22.1. The van der Waals surface area contributed by atoms with Crippen LogP contribution in [0.25, 0.3) is 55.9 Å². The Bertz CT molecular complexity index is 1980. The second-order valence-electron chi connectivity index (χ2n) is 10.1. The van der Waals surface area contributed by atoms with Crippen molar-refractivity contribution in [3.63, 3.8) is 0 Å². The molecule has 4 nitrogen and oxygen atoms in total. The highest BCUT2D eigenvalue weighted by molar-refractivity contribution is 6.13. The Morgan fingerprint density at radius 2 is 1.07 bits per heavy atom. The van der Waals surface area contributed by atoms with Crippen molar-refractivity contribution in [3.8, 4) is 45.0 Å². The molecule has 1 aliphatic heterocycles. The molecule has 0 amide bonds. The molecular formula is C37H24N4. The number of hydrogen-bond acceptors (Lipinski definition) is 4. The number of benzene rings is 5. The maximum atomic E-state index is 5.09. The maximum Gasteiger partial charge on any atom is 0.160 e. The molecule has 4 heteroatoms. The van der Waals surface area contributed by atoms with Crippen LogP contribution >= 0.6 is 0 Å². The predicted molar refractivity (Wildman–Crippen MR) is 167 cm³/mol. The van der Waals surface area contributed by atoms with E-state index in [4.69, 9.17) is 15.0 Å². The zero-order valence-corrected chi connectivity index (χ0v) is 22.1. The molecule has 0 fully saturated rings. The van der Waals surface area contributed by atoms with E-state index < -0.39 is 0 Å². The van der Waals surface area contributed by atoms with Crippen molar-refractivity contribution in [2.75, 3.05) is 4.90 Å². The van der Waals surface area contributed by atoms with Crippen molar-refractivity contribution >= 4 is 28.0 Å². The van der Waals surface area contributed by atoms with Crippen LogP contribution in [0.2, 0.25) is 0 Å². The Balaban J connectivity index is 1.38. The van der Waals surface area contributed by atoms with Crippen LogP contribution < -0.4 is 4.90 Å². The molecule has 192 valence electrons. The normalized spacial score (nSPS) is 11.9. The molecule has 5 aromatic carbocycles. The van der Waals surface area contributed by atoms with Gasteiger partial charge in [-0.3, -0.25) is 4.98 Å². The quantitative estimate of drug-likeness (QED) is 0.230. The summed E-state index contributed by atoms with van der Waals surface area (Å²) in [5, 5.41) is 1.13. The summed E-state index contributed by atoms with van der Waals surface area (Å²) in [7, 11) is 0. The van der Waals surface area contributed by atoms with Gasteiger partial charge in [-0.1, -0.05) is 97.1 Å². The molecule has 0 saturated carbocycles. The SMILES string of the molecule is c1ccc(-c2cc(-c3ccccc3)nc(-c3cc4c5c(ccnc5c3)N(c3ccccc3)c3ccccc3-4)n2)cc1. The maximum absolute atomic E-state index is 5.09. The first kappa shape index (κ1) is 23.3. The predicted octanol–water partition coefficient (Wildman–Crippen LogP) is 9.48. The smallest absolute Gasteiger partial charge is 0.160 e. The van der Waals surface area contributed by atoms with E-state index >= 15 is 0 Å². The van der Waals surface area contributed by atoms with Crippen molar-refractivity contribution in [2.45, 2.75) is 0 Å². The Hall–Kier alpha value is -5.61. The minimum absolute atomic E-state index is 0.679. The molecule has 0 aliphatic carbocycles. The number of fused-ring (bicyclic) bond motifs is 2. The molecule has 41 heavy (non-hydrogen) atoms. The number of aromatic nitrogens is 3. The second-order valence-corrected chi connectivity index (χ2v) is 10.1. The van der Waals surface area contributed by atoms with E-state index in [1.165, 1.54) is 0 Å². The van der Waals surface area contributed by atoms with E-state index in [-0.39, 0.29) is 0 Å². The van der Waals surface area contributed by atoms with Gasteiger partial charge in [0.15, 0.2) is 5.82 Å². The van der Waals surface area contributed by atoms with Crippen LogP contribution in [0, 0.1) is 0 Å². The molecule has 0 N–H and O–H groups in total. The van der Waals surface area contributed by atoms with E-state index in [1.54, 1.807) is 0 Å². The van der Waals surface area contributed by atoms with Gasteiger partial charge in [-0.2, -0.15) is 0 Å². The van der Waals surface area contributed by atoms with Gasteiger partial charge in [0.05, 0.1) is 28.3 Å². The number of hydrogen-bond donors (Lipinski definition) is 0. The van der Waals surface area contributed by atoms with Crippen molar-refractivity contribution in [3.05, 3.63) is 146 Å². The molecular weight excluding hydrogens is 500 g/mol. The van der Waals surface area contributed by atoms with Crippen LogP contribution in [0.4, 0.5) is 17.1 Å². The monoisotopic (exact) mass is 524 g/mol. The fraction of sp³-hybridized carbons (Fsp3) is 0. The molecule has 0 spiro atoms. The summed E-state index contributed by atoms with van der Waals surface area (Å²) in [6, 6.07) is 48.2. The topological polar surface area (TPSA) is 41.9 Å². The highest BCUT2D eigenvalue weighted by atomic mass is 15.2. The van der Waals surface area contributed by atoms with E-state index in [2.05, 4.69) is 108 Å². The van der Waals surface area contributed by atoms with Gasteiger partial charge in [-0.05, 0) is 48.0 Å². The molecule has 8 rings (SSSR count). The second kappa shape index (κ2) is 9.54. The van der Waals surface area contributed by atoms with E-state index in [0.717, 1.165) is 67.2 Å². The third-order valence-corrected chi connectivity index (χ3v) is 7.63. The highest BCUT2D eigenvalue weighted by Crippen LogP contribution is 2.51. The Labute approximate surface area is 238 Å². The fourth-order valence-electron chi connectivity index (χ4n) is 5.77. The number of pyridine rings is 1. The van der Waals surface area contributed by atoms with Gasteiger partial charge < -0.3 is 4.90 Å². The molecule has 0 radical (unpaired) electrons. The largest absolute Gasteiger partial charge is 0.309 e. The zero-order chi connectivity index (χ0) is 27.2. The Kier molecular flexibility index (Phi) is 5.42. The van der Waals surface area contributed by atoms with Crippen LogP contribution in [0.3, 0.4) is 0 Å². The molecule has 3 heterocycles. The van der Waals surface area contributed by atoms with Gasteiger partial charge >= 0.3 is 0 Å². The number of anilines is 3. The minimum Gasteiger partial charge on any atom is -0.309 e. The van der Waals surface area contributed by atoms with Crippen LogP contribution in [0.1, 0.15) is 0 Å². The van der Waals surface area contributed by atoms with Crippen molar-refractivity contribution in [1.82, 2.24) is 15.0 Å². The van der Waals surface area contributed by atoms with Crippen LogP contribution in [-0.4, -0.2) is 15.0 Å². The van der Waals surface area contributed by atoms with Crippen molar-refractivity contribution in [2.24, 2.45) is 0 Å². The summed E-state index contributed by atoms with van der Waals surface area (Å²) in [5.74, 6) is 0.679. The number of para-hydroxylation sites is 2. The van der Waals surface area contributed by atoms with Gasteiger partial charge in [0, 0.05) is 39.5 Å². The first-order chi connectivity index (χ1) is 20.3. The van der Waals surface area contributed by atoms with Crippen LogP contribution in [0.15, 0.2) is 146 Å². The molecule has 0 unspecified atom stereocenters. The molecule has 1 aliphatic rings. The van der Waals surface area contributed by atoms with Crippen LogP contribution in [-0.2, 0) is 0 Å². The lowest BCUT2D eigenvalue weighted by atomic mass is 9.91. The van der Waals surface area contributed by atoms with Crippen molar-refractivity contribution < 1.29 is 0 Å². The lowest BCUT2D eigenvalue weighted by Gasteiger charge is -2.33. The summed E-state index contributed by atoms with van der Waals surface area (Å²) < 4.78 is 0. The third-order valence-electron chi connectivity index (χ3n) is 7.63. The Morgan fingerprint density at radius 1 is 0.463 bits per heavy atom. The van der Waals surface area contributed by atoms with Gasteiger partial charge in [-0.15, -0.1) is 0 Å². The lowest BCUT2D eigenvalue weighted by molar-refractivity contribution is 1.18. The Morgan fingerprint density at radius 3 is 1.76 bits per heavy atom. The average Bonchev–Trinajstić information content (AvgIpc) is 3.06. The first-order valence-corrected chi connectivity index (χ1v) is 13.7. The summed E-state index contributed by atoms with van der Waals surface area (Å²) in [6.45, 7) is 0. The standard InChI is InChI=1S/C37H24N4/c1-4-12-25(13-5-1)31-24-32(26-14-6-2-7-15-26)40-37(39-31)27-22-30-29-18-10-11-19-34(29)41(28-16-8-3-9-17-28)35-20-21-38-33(23-27)36(30)35/h1-24H. The van der Waals surface area contributed by atoms with E-state index in [9.17, 15) is 0 Å². The van der Waals surface area contributed by atoms with E-state index in [0.29, 0.717) is 5.82 Å². The molecule has 0 atom stereocenters. The van der Waals surface area contributed by atoms with Gasteiger partial charge in [0.2, 0.25) is 0 Å². The molecule has 0 saturated heterocycles. The molecule has 2 aromatic heterocycles. The summed E-state index contributed by atoms with van der Waals surface area (Å²) in [6.07, 6.45) is 1.89. The van der Waals surface area contributed by atoms with Gasteiger partial charge in [0.25, 0.3) is 0 Å². The van der Waals surface area contributed by atoms with Gasteiger partial charge in [-0.25, -0.2) is 9.97 Å². The van der Waals surface area contributed by atoms with Crippen LogP contribution in [0.5, 0.6) is 0 Å². The number of nitrogens with zero attached hydrogens (tertiary/aromatic N) is 4. The number of rotatable bonds is 4. The van der Waals surface area contributed by atoms with E-state index in [1.807, 2.05) is 42.6 Å². The first-order valence-electron chi connectivity index (χ1n) is 13.7. The molecule has 7 aromatic rings. The average molecular weight is 525 g/mol. The minimum atomic E-state index is 0.679. The summed E-state index contributed by atoms with van der Waals surface area (Å²) in [4.78, 5) is 17.4. The van der Waals surface area contributed by atoms with Crippen molar-refractivity contribution in [1.29, 1.82) is 0 Å². The summed E-state index contributed by atoms with van der Waals surface area (Å²) >= 11 is 0. The third kappa shape index (κ3) is 3.97. The fourth-order valence-corrected chi connectivity index (χ4v) is 5.77. The summed E-state index contributed by atoms with van der Waals surface area (Å²) in [5.41, 5.74) is 11.4. The highest BCUT2D eigenvalue weighted by Gasteiger charge is 2.27. The molecule has 0 bridgehead atoms. The van der Waals surface area contributed by atoms with Gasteiger partial charge in [0.1, 0.15) is 0 Å².